The number of hydrogen-bond acceptors (Lipinski definition) is 5. The van der Waals surface area contributed by atoms with Gasteiger partial charge in [0, 0.05) is 0 Å². The Kier molecular flexibility index (Phi) is 5.31. The van der Waals surface area contributed by atoms with Crippen LogP contribution in [0.2, 0.25) is 0 Å². The zero-order valence-electron chi connectivity index (χ0n) is 15.0. The quantitative estimate of drug-likeness (QED) is 0.735. The molecule has 0 aliphatic heterocycles. The molecule has 6 heteroatoms. The van der Waals surface area contributed by atoms with Crippen molar-refractivity contribution >= 4 is 16.9 Å². The van der Waals surface area contributed by atoms with Gasteiger partial charge in [-0.25, -0.2) is 4.98 Å². The average molecular weight is 351 g/mol. The maximum atomic E-state index is 12.5. The molecular formula is C20H21N3O3. The molecule has 1 aromatic heterocycles. The number of nitrogens with zero attached hydrogens (tertiary/aromatic N) is 2. The summed E-state index contributed by atoms with van der Waals surface area (Å²) in [5, 5.41) is 2.94. The minimum atomic E-state index is -0.274. The lowest BCUT2D eigenvalue weighted by atomic mass is 10.1. The summed E-state index contributed by atoms with van der Waals surface area (Å²) in [5.41, 5.74) is 2.64. The number of methoxy groups -OCH3 is 1. The highest BCUT2D eigenvalue weighted by molar-refractivity contribution is 5.94. The van der Waals surface area contributed by atoms with Crippen molar-refractivity contribution in [2.24, 2.45) is 0 Å². The third-order valence-corrected chi connectivity index (χ3v) is 4.02. The van der Waals surface area contributed by atoms with Crippen LogP contribution in [0.15, 0.2) is 48.7 Å². The van der Waals surface area contributed by atoms with Crippen molar-refractivity contribution in [3.8, 4) is 11.5 Å². The van der Waals surface area contributed by atoms with Crippen molar-refractivity contribution in [2.75, 3.05) is 13.7 Å². The van der Waals surface area contributed by atoms with Gasteiger partial charge in [0.2, 0.25) is 0 Å². The Hall–Kier alpha value is -3.15. The molecule has 6 nitrogen and oxygen atoms in total. The maximum absolute atomic E-state index is 12.5. The van der Waals surface area contributed by atoms with Gasteiger partial charge in [0.25, 0.3) is 5.91 Å². The predicted molar refractivity (Wildman–Crippen MR) is 99.6 cm³/mol. The number of ether oxygens (including phenoxy) is 2. The van der Waals surface area contributed by atoms with Crippen LogP contribution in [0.4, 0.5) is 0 Å². The molecule has 1 N–H and O–H groups in total. The standard InChI is InChI=1S/C20H21N3O3/c1-4-26-18-10-9-14(11-19(18)25-3)13(2)22-20(24)17-12-21-15-7-5-6-8-16(15)23-17/h5-13H,4H2,1-3H3,(H,22,24). The molecule has 0 bridgehead atoms. The number of benzene rings is 2. The Balaban J connectivity index is 1.77. The van der Waals surface area contributed by atoms with Gasteiger partial charge < -0.3 is 14.8 Å². The summed E-state index contributed by atoms with van der Waals surface area (Å²) in [6, 6.07) is 12.8. The molecule has 0 spiro atoms. The fourth-order valence-corrected chi connectivity index (χ4v) is 2.65. The van der Waals surface area contributed by atoms with Gasteiger partial charge >= 0.3 is 0 Å². The van der Waals surface area contributed by atoms with Gasteiger partial charge in [-0.3, -0.25) is 9.78 Å². The fraction of sp³-hybridized carbons (Fsp3) is 0.250. The van der Waals surface area contributed by atoms with Crippen LogP contribution in [0.25, 0.3) is 11.0 Å². The molecule has 0 saturated heterocycles. The highest BCUT2D eigenvalue weighted by Gasteiger charge is 2.15. The van der Waals surface area contributed by atoms with Crippen LogP contribution in [-0.2, 0) is 0 Å². The first-order valence-electron chi connectivity index (χ1n) is 8.45. The third kappa shape index (κ3) is 3.74. The molecule has 0 aliphatic rings. The van der Waals surface area contributed by atoms with Gasteiger partial charge in [-0.05, 0) is 43.7 Å². The highest BCUT2D eigenvalue weighted by Crippen LogP contribution is 2.30. The Morgan fingerprint density at radius 1 is 1.15 bits per heavy atom. The summed E-state index contributed by atoms with van der Waals surface area (Å²) >= 11 is 0. The molecule has 134 valence electrons. The summed E-state index contributed by atoms with van der Waals surface area (Å²) in [6.07, 6.45) is 1.49. The van der Waals surface area contributed by atoms with E-state index in [0.29, 0.717) is 23.6 Å². The largest absolute Gasteiger partial charge is 0.493 e. The minimum Gasteiger partial charge on any atom is -0.493 e. The molecule has 1 amide bonds. The van der Waals surface area contributed by atoms with E-state index in [9.17, 15) is 4.79 Å². The first kappa shape index (κ1) is 17.7. The zero-order valence-corrected chi connectivity index (χ0v) is 15.0. The van der Waals surface area contributed by atoms with Crippen LogP contribution in [-0.4, -0.2) is 29.6 Å². The zero-order chi connectivity index (χ0) is 18.5. The molecule has 0 fully saturated rings. The SMILES string of the molecule is CCOc1ccc(C(C)NC(=O)c2cnc3ccccc3n2)cc1OC. The molecule has 3 rings (SSSR count). The summed E-state index contributed by atoms with van der Waals surface area (Å²) in [7, 11) is 1.59. The van der Waals surface area contributed by atoms with E-state index in [1.165, 1.54) is 6.20 Å². The third-order valence-electron chi connectivity index (χ3n) is 4.02. The van der Waals surface area contributed by atoms with Gasteiger partial charge in [-0.2, -0.15) is 0 Å². The average Bonchev–Trinajstić information content (AvgIpc) is 2.68. The number of fused-ring (bicyclic) bond motifs is 1. The lowest BCUT2D eigenvalue weighted by Gasteiger charge is -2.17. The summed E-state index contributed by atoms with van der Waals surface area (Å²) in [4.78, 5) is 21.2. The molecule has 1 heterocycles. The van der Waals surface area contributed by atoms with Gasteiger partial charge in [-0.1, -0.05) is 18.2 Å². The molecule has 0 radical (unpaired) electrons. The van der Waals surface area contributed by atoms with Gasteiger partial charge in [-0.15, -0.1) is 0 Å². The van der Waals surface area contributed by atoms with E-state index in [1.54, 1.807) is 7.11 Å². The van der Waals surface area contributed by atoms with Crippen molar-refractivity contribution in [3.05, 3.63) is 59.9 Å². The Morgan fingerprint density at radius 2 is 1.92 bits per heavy atom. The molecule has 3 aromatic rings. The number of hydrogen-bond donors (Lipinski definition) is 1. The number of carbonyl (C=O) groups is 1. The minimum absolute atomic E-state index is 0.222. The first-order valence-corrected chi connectivity index (χ1v) is 8.45. The first-order chi connectivity index (χ1) is 12.6. The molecule has 0 aliphatic carbocycles. The molecular weight excluding hydrogens is 330 g/mol. The van der Waals surface area contributed by atoms with E-state index in [-0.39, 0.29) is 17.6 Å². The van der Waals surface area contributed by atoms with Crippen molar-refractivity contribution in [2.45, 2.75) is 19.9 Å². The van der Waals surface area contributed by atoms with Crippen LogP contribution in [0.5, 0.6) is 11.5 Å². The number of para-hydroxylation sites is 2. The van der Waals surface area contributed by atoms with E-state index in [2.05, 4.69) is 15.3 Å². The van der Waals surface area contributed by atoms with Crippen LogP contribution in [0.1, 0.15) is 35.9 Å². The van der Waals surface area contributed by atoms with E-state index >= 15 is 0 Å². The van der Waals surface area contributed by atoms with E-state index in [4.69, 9.17) is 9.47 Å². The molecule has 26 heavy (non-hydrogen) atoms. The van der Waals surface area contributed by atoms with Crippen LogP contribution in [0, 0.1) is 0 Å². The van der Waals surface area contributed by atoms with Crippen molar-refractivity contribution in [3.63, 3.8) is 0 Å². The monoisotopic (exact) mass is 351 g/mol. The van der Waals surface area contributed by atoms with E-state index < -0.39 is 0 Å². The Bertz CT molecular complexity index is 927. The topological polar surface area (TPSA) is 73.3 Å². The second-order valence-corrected chi connectivity index (χ2v) is 5.78. The van der Waals surface area contributed by atoms with Gasteiger partial charge in [0.15, 0.2) is 11.5 Å². The van der Waals surface area contributed by atoms with E-state index in [0.717, 1.165) is 11.1 Å². The number of amides is 1. The number of aromatic nitrogens is 2. The summed E-state index contributed by atoms with van der Waals surface area (Å²) < 4.78 is 10.9. The van der Waals surface area contributed by atoms with E-state index in [1.807, 2.05) is 56.3 Å². The van der Waals surface area contributed by atoms with Gasteiger partial charge in [0.1, 0.15) is 5.69 Å². The second kappa shape index (κ2) is 7.82. The Labute approximate surface area is 152 Å². The lowest BCUT2D eigenvalue weighted by Crippen LogP contribution is -2.27. The number of nitrogens with one attached hydrogen (secondary N) is 1. The number of rotatable bonds is 6. The van der Waals surface area contributed by atoms with Crippen molar-refractivity contribution in [1.29, 1.82) is 0 Å². The van der Waals surface area contributed by atoms with Crippen LogP contribution in [0.3, 0.4) is 0 Å². The molecule has 1 atom stereocenters. The maximum Gasteiger partial charge on any atom is 0.271 e. The predicted octanol–water partition coefficient (Wildman–Crippen LogP) is 3.53. The van der Waals surface area contributed by atoms with Crippen molar-refractivity contribution < 1.29 is 14.3 Å². The lowest BCUT2D eigenvalue weighted by molar-refractivity contribution is 0.0935. The van der Waals surface area contributed by atoms with Crippen LogP contribution < -0.4 is 14.8 Å². The highest BCUT2D eigenvalue weighted by atomic mass is 16.5. The molecule has 1 unspecified atom stereocenters. The smallest absolute Gasteiger partial charge is 0.271 e. The normalized spacial score (nSPS) is 11.8. The van der Waals surface area contributed by atoms with Crippen molar-refractivity contribution in [1.82, 2.24) is 15.3 Å². The number of carbonyl (C=O) groups excluding carboxylic acids is 1. The van der Waals surface area contributed by atoms with Gasteiger partial charge in [0.05, 0.1) is 37.0 Å². The molecule has 2 aromatic carbocycles. The summed E-state index contributed by atoms with van der Waals surface area (Å²) in [6.45, 7) is 4.38. The Morgan fingerprint density at radius 3 is 2.65 bits per heavy atom. The second-order valence-electron chi connectivity index (χ2n) is 5.78. The van der Waals surface area contributed by atoms with Crippen LogP contribution >= 0.6 is 0 Å². The summed E-state index contributed by atoms with van der Waals surface area (Å²) in [5.74, 6) is 1.04. The molecule has 0 saturated carbocycles. The fourth-order valence-electron chi connectivity index (χ4n) is 2.65.